The van der Waals surface area contributed by atoms with Crippen molar-refractivity contribution < 1.29 is 0 Å². The highest BCUT2D eigenvalue weighted by Crippen LogP contribution is 2.29. The van der Waals surface area contributed by atoms with Gasteiger partial charge in [-0.15, -0.1) is 11.3 Å². The van der Waals surface area contributed by atoms with E-state index in [4.69, 9.17) is 0 Å². The highest BCUT2D eigenvalue weighted by atomic mass is 32.1. The van der Waals surface area contributed by atoms with Gasteiger partial charge in [0.15, 0.2) is 0 Å². The Balaban J connectivity index is 2.41. The summed E-state index contributed by atoms with van der Waals surface area (Å²) in [5.41, 5.74) is 3.37. The molecule has 0 saturated heterocycles. The molecule has 3 heteroatoms. The third-order valence-electron chi connectivity index (χ3n) is 2.78. The Hall–Kier alpha value is -1.74. The molecule has 0 saturated carbocycles. The van der Waals surface area contributed by atoms with Gasteiger partial charge in [-0.3, -0.25) is 4.99 Å². The van der Waals surface area contributed by atoms with Gasteiger partial charge in [-0.1, -0.05) is 6.07 Å². The molecule has 0 atom stereocenters. The van der Waals surface area contributed by atoms with E-state index in [1.165, 1.54) is 15.1 Å². The second-order valence-electron chi connectivity index (χ2n) is 4.06. The van der Waals surface area contributed by atoms with Gasteiger partial charge in [0.25, 0.3) is 0 Å². The molecule has 3 rings (SSSR count). The molecule has 1 aliphatic heterocycles. The Kier molecular flexibility index (Phi) is 2.41. The van der Waals surface area contributed by atoms with E-state index in [1.54, 1.807) is 11.3 Å². The van der Waals surface area contributed by atoms with Crippen LogP contribution in [0.5, 0.6) is 0 Å². The van der Waals surface area contributed by atoms with Crippen LogP contribution in [0, 0.1) is 6.92 Å². The second kappa shape index (κ2) is 3.93. The fraction of sp³-hybridized carbons (Fsp3) is 0.143. The van der Waals surface area contributed by atoms with Crippen LogP contribution in [0.3, 0.4) is 0 Å². The Morgan fingerprint density at radius 1 is 1.12 bits per heavy atom. The van der Waals surface area contributed by atoms with Gasteiger partial charge in [-0.05, 0) is 42.8 Å². The first-order chi connectivity index (χ1) is 8.26. The van der Waals surface area contributed by atoms with Crippen LogP contribution in [0.4, 0.5) is 0 Å². The van der Waals surface area contributed by atoms with Gasteiger partial charge >= 0.3 is 0 Å². The SMILES string of the molecule is CN=c1ccc2nc3ccc(C)cc3sc-2c1. The zero-order valence-electron chi connectivity index (χ0n) is 9.77. The summed E-state index contributed by atoms with van der Waals surface area (Å²) in [7, 11) is 1.81. The van der Waals surface area contributed by atoms with Gasteiger partial charge in [0.2, 0.25) is 0 Å². The number of aromatic nitrogens is 1. The van der Waals surface area contributed by atoms with Crippen LogP contribution >= 0.6 is 11.3 Å². The lowest BCUT2D eigenvalue weighted by Gasteiger charge is -2.06. The zero-order chi connectivity index (χ0) is 11.8. The lowest BCUT2D eigenvalue weighted by molar-refractivity contribution is 1.26. The number of aryl methyl sites for hydroxylation is 1. The largest absolute Gasteiger partial charge is 0.289 e. The molecule has 1 heterocycles. The fourth-order valence-electron chi connectivity index (χ4n) is 1.86. The van der Waals surface area contributed by atoms with Crippen molar-refractivity contribution in [2.24, 2.45) is 4.99 Å². The van der Waals surface area contributed by atoms with E-state index in [2.05, 4.69) is 41.2 Å². The van der Waals surface area contributed by atoms with Gasteiger partial charge in [-0.2, -0.15) is 0 Å². The van der Waals surface area contributed by atoms with Gasteiger partial charge in [0, 0.05) is 7.05 Å². The van der Waals surface area contributed by atoms with E-state index in [1.807, 2.05) is 19.2 Å². The third kappa shape index (κ3) is 1.83. The number of hydrogen-bond acceptors (Lipinski definition) is 3. The normalized spacial score (nSPS) is 12.5. The molecular formula is C14H12N2S. The van der Waals surface area contributed by atoms with Crippen molar-refractivity contribution in [3.63, 3.8) is 0 Å². The summed E-state index contributed by atoms with van der Waals surface area (Å²) in [4.78, 5) is 10.0. The Labute approximate surface area is 104 Å². The van der Waals surface area contributed by atoms with Crippen LogP contribution in [0.25, 0.3) is 20.8 Å². The zero-order valence-corrected chi connectivity index (χ0v) is 10.6. The monoisotopic (exact) mass is 240 g/mol. The van der Waals surface area contributed by atoms with E-state index in [9.17, 15) is 0 Å². The van der Waals surface area contributed by atoms with Crippen LogP contribution in [0.15, 0.2) is 41.4 Å². The Morgan fingerprint density at radius 2 is 2.00 bits per heavy atom. The first-order valence-electron chi connectivity index (χ1n) is 5.50. The van der Waals surface area contributed by atoms with Crippen LogP contribution in [-0.4, -0.2) is 12.0 Å². The maximum Gasteiger partial charge on any atom is 0.0811 e. The summed E-state index contributed by atoms with van der Waals surface area (Å²) in [5.74, 6) is 0. The van der Waals surface area contributed by atoms with Gasteiger partial charge < -0.3 is 0 Å². The molecule has 1 aromatic rings. The average molecular weight is 240 g/mol. The summed E-state index contributed by atoms with van der Waals surface area (Å²) in [5, 5.41) is 1.00. The number of benzene rings is 2. The van der Waals surface area contributed by atoms with E-state index < -0.39 is 0 Å². The van der Waals surface area contributed by atoms with Crippen molar-refractivity contribution in [1.82, 2.24) is 4.98 Å². The molecule has 2 aliphatic rings. The average Bonchev–Trinajstić information content (AvgIpc) is 2.35. The van der Waals surface area contributed by atoms with Crippen LogP contribution in [0.2, 0.25) is 0 Å². The Bertz CT molecular complexity index is 728. The van der Waals surface area contributed by atoms with E-state index in [0.29, 0.717) is 0 Å². The molecule has 17 heavy (non-hydrogen) atoms. The lowest BCUT2D eigenvalue weighted by atomic mass is 10.2. The van der Waals surface area contributed by atoms with Gasteiger partial charge in [0.1, 0.15) is 0 Å². The van der Waals surface area contributed by atoms with Crippen LogP contribution < -0.4 is 5.36 Å². The summed E-state index contributed by atoms with van der Waals surface area (Å²) < 4.78 is 1.23. The molecule has 0 bridgehead atoms. The van der Waals surface area contributed by atoms with E-state index in [0.717, 1.165) is 16.6 Å². The number of hydrogen-bond donors (Lipinski definition) is 0. The van der Waals surface area contributed by atoms with Crippen molar-refractivity contribution in [1.29, 1.82) is 0 Å². The molecule has 0 radical (unpaired) electrons. The number of rotatable bonds is 0. The minimum absolute atomic E-state index is 1.00. The molecule has 0 unspecified atom stereocenters. The van der Waals surface area contributed by atoms with E-state index in [-0.39, 0.29) is 0 Å². The topological polar surface area (TPSA) is 25.2 Å². The first kappa shape index (κ1) is 10.4. The van der Waals surface area contributed by atoms with Gasteiger partial charge in [0.05, 0.1) is 26.1 Å². The predicted octanol–water partition coefficient (Wildman–Crippen LogP) is 3.24. The van der Waals surface area contributed by atoms with Crippen molar-refractivity contribution >= 4 is 21.6 Å². The van der Waals surface area contributed by atoms with E-state index >= 15 is 0 Å². The quantitative estimate of drug-likeness (QED) is 0.554. The van der Waals surface area contributed by atoms with Crippen molar-refractivity contribution in [3.05, 3.63) is 47.3 Å². The minimum atomic E-state index is 1.00. The standard InChI is InChI=1S/C14H12N2S/c1-9-3-5-11-13(7-9)17-14-8-10(15-2)4-6-12(14)16-11/h3-8H,1-2H3. The number of fused-ring (bicyclic) bond motifs is 2. The van der Waals surface area contributed by atoms with Crippen LogP contribution in [0.1, 0.15) is 5.56 Å². The highest BCUT2D eigenvalue weighted by molar-refractivity contribution is 7.21. The molecule has 1 aromatic carbocycles. The summed E-state index contributed by atoms with van der Waals surface area (Å²) in [6, 6.07) is 12.5. The smallest absolute Gasteiger partial charge is 0.0811 e. The Morgan fingerprint density at radius 3 is 2.82 bits per heavy atom. The molecule has 1 aliphatic carbocycles. The van der Waals surface area contributed by atoms with Gasteiger partial charge in [-0.25, -0.2) is 4.98 Å². The summed E-state index contributed by atoms with van der Waals surface area (Å²) in [6.07, 6.45) is 0. The molecule has 2 nitrogen and oxygen atoms in total. The molecule has 0 aromatic heterocycles. The maximum atomic E-state index is 4.66. The molecule has 0 amide bonds. The lowest BCUT2D eigenvalue weighted by Crippen LogP contribution is -2.00. The molecule has 0 fully saturated rings. The van der Waals surface area contributed by atoms with Crippen molar-refractivity contribution in [2.45, 2.75) is 6.92 Å². The van der Waals surface area contributed by atoms with Crippen LogP contribution in [-0.2, 0) is 0 Å². The third-order valence-corrected chi connectivity index (χ3v) is 3.87. The molecule has 0 N–H and O–H groups in total. The van der Waals surface area contributed by atoms with Crippen molar-refractivity contribution in [3.8, 4) is 10.6 Å². The minimum Gasteiger partial charge on any atom is -0.289 e. The highest BCUT2D eigenvalue weighted by Gasteiger charge is 2.06. The number of nitrogens with zero attached hydrogens (tertiary/aromatic N) is 2. The summed E-state index contributed by atoms with van der Waals surface area (Å²) >= 11 is 1.77. The fourth-order valence-corrected chi connectivity index (χ4v) is 2.96. The predicted molar refractivity (Wildman–Crippen MR) is 72.5 cm³/mol. The summed E-state index contributed by atoms with van der Waals surface area (Å²) in [6.45, 7) is 2.11. The molecular weight excluding hydrogens is 228 g/mol. The van der Waals surface area contributed by atoms with Crippen molar-refractivity contribution in [2.75, 3.05) is 7.05 Å². The molecule has 0 spiro atoms. The first-order valence-corrected chi connectivity index (χ1v) is 6.32. The second-order valence-corrected chi connectivity index (χ2v) is 5.14. The maximum absolute atomic E-state index is 4.66. The molecule has 84 valence electrons.